The van der Waals surface area contributed by atoms with Gasteiger partial charge in [-0.3, -0.25) is 9.59 Å². The fraction of sp³-hybridized carbons (Fsp3) is 0.586. The Morgan fingerprint density at radius 2 is 1.89 bits per heavy atom. The number of methoxy groups -OCH3 is 2. The lowest BCUT2D eigenvalue weighted by Crippen LogP contribution is -2.47. The summed E-state index contributed by atoms with van der Waals surface area (Å²) in [5.41, 5.74) is 2.40. The molecule has 2 unspecified atom stereocenters. The molecule has 1 aliphatic heterocycles. The number of rotatable bonds is 11. The summed E-state index contributed by atoms with van der Waals surface area (Å²) in [4.78, 5) is 32.1. The maximum Gasteiger partial charge on any atom is 0.242 e. The third-order valence-corrected chi connectivity index (χ3v) is 7.65. The van der Waals surface area contributed by atoms with Crippen LogP contribution in [0.25, 0.3) is 0 Å². The maximum atomic E-state index is 13.8. The third kappa shape index (κ3) is 7.56. The standard InChI is InChI=1S/C29H42N2O4S/c1-21(19-29(2,3)4)18-26(32)30(14-7-16-34-5)20-27(33)31-15-12-25-24(13-17-36-25)28(31)22-8-10-23(35-6)11-9-22/h8-11,13,17,21,28H,7,12,14-16,18-20H2,1-6H3. The molecule has 2 atom stereocenters. The average molecular weight is 515 g/mol. The van der Waals surface area contributed by atoms with Gasteiger partial charge in [0.15, 0.2) is 0 Å². The van der Waals surface area contributed by atoms with Crippen molar-refractivity contribution in [3.8, 4) is 5.75 Å². The minimum atomic E-state index is -0.158. The summed E-state index contributed by atoms with van der Waals surface area (Å²) < 4.78 is 10.6. The zero-order valence-corrected chi connectivity index (χ0v) is 23.5. The molecule has 2 aromatic rings. The summed E-state index contributed by atoms with van der Waals surface area (Å²) in [7, 11) is 3.31. The molecule has 0 saturated heterocycles. The van der Waals surface area contributed by atoms with Crippen molar-refractivity contribution in [1.82, 2.24) is 9.80 Å². The van der Waals surface area contributed by atoms with Gasteiger partial charge >= 0.3 is 0 Å². The predicted molar refractivity (Wildman–Crippen MR) is 145 cm³/mol. The SMILES string of the molecule is COCCCN(CC(=O)N1CCc2sccc2C1c1ccc(OC)cc1)C(=O)CC(C)CC(C)(C)C. The summed E-state index contributed by atoms with van der Waals surface area (Å²) in [6.07, 6.45) is 2.96. The fourth-order valence-corrected chi connectivity index (χ4v) is 6.13. The highest BCUT2D eigenvalue weighted by Crippen LogP contribution is 2.38. The third-order valence-electron chi connectivity index (χ3n) is 6.66. The summed E-state index contributed by atoms with van der Waals surface area (Å²) in [5.74, 6) is 1.08. The van der Waals surface area contributed by atoms with Gasteiger partial charge in [0.25, 0.3) is 0 Å². The molecular weight excluding hydrogens is 472 g/mol. The monoisotopic (exact) mass is 514 g/mol. The molecule has 7 heteroatoms. The summed E-state index contributed by atoms with van der Waals surface area (Å²) in [5, 5.41) is 2.10. The van der Waals surface area contributed by atoms with E-state index in [1.165, 1.54) is 10.4 Å². The van der Waals surface area contributed by atoms with Crippen molar-refractivity contribution >= 4 is 23.2 Å². The van der Waals surface area contributed by atoms with Gasteiger partial charge < -0.3 is 19.3 Å². The van der Waals surface area contributed by atoms with Crippen LogP contribution < -0.4 is 4.74 Å². The lowest BCUT2D eigenvalue weighted by Gasteiger charge is -2.38. The number of carbonyl (C=O) groups is 2. The highest BCUT2D eigenvalue weighted by atomic mass is 32.1. The van der Waals surface area contributed by atoms with E-state index in [2.05, 4.69) is 39.1 Å². The summed E-state index contributed by atoms with van der Waals surface area (Å²) >= 11 is 1.75. The smallest absolute Gasteiger partial charge is 0.242 e. The van der Waals surface area contributed by atoms with Gasteiger partial charge in [0.2, 0.25) is 11.8 Å². The molecule has 0 N–H and O–H groups in total. The van der Waals surface area contributed by atoms with Gasteiger partial charge in [-0.1, -0.05) is 39.8 Å². The molecule has 198 valence electrons. The number of amides is 2. The van der Waals surface area contributed by atoms with Crippen molar-refractivity contribution in [2.75, 3.05) is 40.5 Å². The van der Waals surface area contributed by atoms with Gasteiger partial charge in [-0.2, -0.15) is 0 Å². The normalized spacial score (nSPS) is 16.4. The van der Waals surface area contributed by atoms with E-state index in [9.17, 15) is 9.59 Å². The maximum absolute atomic E-state index is 13.8. The van der Waals surface area contributed by atoms with Gasteiger partial charge in [0.1, 0.15) is 5.75 Å². The fourth-order valence-electron chi connectivity index (χ4n) is 5.22. The van der Waals surface area contributed by atoms with Crippen molar-refractivity contribution < 1.29 is 19.1 Å². The van der Waals surface area contributed by atoms with E-state index in [4.69, 9.17) is 9.47 Å². The molecule has 0 radical (unpaired) electrons. The Labute approximate surface area is 220 Å². The van der Waals surface area contributed by atoms with Crippen molar-refractivity contribution in [3.05, 3.63) is 51.7 Å². The van der Waals surface area contributed by atoms with Crippen LogP contribution in [-0.4, -0.2) is 62.1 Å². The Morgan fingerprint density at radius 1 is 1.17 bits per heavy atom. The number of nitrogens with zero attached hydrogens (tertiary/aromatic N) is 2. The largest absolute Gasteiger partial charge is 0.497 e. The predicted octanol–water partition coefficient (Wildman–Crippen LogP) is 5.56. The van der Waals surface area contributed by atoms with Crippen LogP contribution in [0.3, 0.4) is 0 Å². The number of hydrogen-bond acceptors (Lipinski definition) is 5. The van der Waals surface area contributed by atoms with Gasteiger partial charge in [-0.05, 0) is 65.3 Å². The number of thiophene rings is 1. The number of carbonyl (C=O) groups excluding carboxylic acids is 2. The van der Waals surface area contributed by atoms with E-state index in [1.54, 1.807) is 30.5 Å². The Hall–Kier alpha value is -2.38. The van der Waals surface area contributed by atoms with E-state index in [0.717, 1.165) is 24.2 Å². The molecule has 36 heavy (non-hydrogen) atoms. The van der Waals surface area contributed by atoms with E-state index >= 15 is 0 Å². The van der Waals surface area contributed by atoms with Crippen molar-refractivity contribution in [2.45, 2.75) is 59.4 Å². The van der Waals surface area contributed by atoms with Crippen LogP contribution in [-0.2, 0) is 20.7 Å². The van der Waals surface area contributed by atoms with Crippen LogP contribution in [0.2, 0.25) is 0 Å². The highest BCUT2D eigenvalue weighted by molar-refractivity contribution is 7.10. The van der Waals surface area contributed by atoms with Crippen molar-refractivity contribution in [3.63, 3.8) is 0 Å². The van der Waals surface area contributed by atoms with Crippen LogP contribution in [0.1, 0.15) is 69.0 Å². The van der Waals surface area contributed by atoms with E-state index < -0.39 is 0 Å². The zero-order valence-electron chi connectivity index (χ0n) is 22.7. The molecular formula is C29H42N2O4S. The second-order valence-corrected chi connectivity index (χ2v) is 12.0. The van der Waals surface area contributed by atoms with E-state index in [-0.39, 0.29) is 35.7 Å². The Kier molecular flexibility index (Phi) is 9.97. The Bertz CT molecular complexity index is 995. The van der Waals surface area contributed by atoms with Gasteiger partial charge in [-0.25, -0.2) is 0 Å². The number of ether oxygens (including phenoxy) is 2. The minimum absolute atomic E-state index is 0.0121. The topological polar surface area (TPSA) is 59.1 Å². The van der Waals surface area contributed by atoms with Gasteiger partial charge in [-0.15, -0.1) is 11.3 Å². The number of fused-ring (bicyclic) bond motifs is 1. The van der Waals surface area contributed by atoms with Gasteiger partial charge in [0.05, 0.1) is 19.7 Å². The number of benzene rings is 1. The van der Waals surface area contributed by atoms with E-state index in [0.29, 0.717) is 32.5 Å². The van der Waals surface area contributed by atoms with Crippen LogP contribution in [0.15, 0.2) is 35.7 Å². The molecule has 1 aliphatic rings. The Morgan fingerprint density at radius 3 is 2.53 bits per heavy atom. The van der Waals surface area contributed by atoms with Crippen molar-refractivity contribution in [2.24, 2.45) is 11.3 Å². The summed E-state index contributed by atoms with van der Waals surface area (Å²) in [6, 6.07) is 9.92. The average Bonchev–Trinajstić information content (AvgIpc) is 3.30. The second kappa shape index (κ2) is 12.7. The van der Waals surface area contributed by atoms with E-state index in [1.807, 2.05) is 29.2 Å². The summed E-state index contributed by atoms with van der Waals surface area (Å²) in [6.45, 7) is 10.5. The van der Waals surface area contributed by atoms with Crippen LogP contribution in [0.4, 0.5) is 0 Å². The second-order valence-electron chi connectivity index (χ2n) is 11.0. The molecule has 2 heterocycles. The molecule has 0 fully saturated rings. The van der Waals surface area contributed by atoms with Crippen LogP contribution in [0, 0.1) is 11.3 Å². The molecule has 0 aliphatic carbocycles. The Balaban J connectivity index is 1.80. The first-order valence-electron chi connectivity index (χ1n) is 12.9. The molecule has 0 spiro atoms. The quantitative estimate of drug-likeness (QED) is 0.369. The molecule has 1 aromatic heterocycles. The lowest BCUT2D eigenvalue weighted by molar-refractivity contribution is -0.142. The molecule has 0 bridgehead atoms. The molecule has 2 amide bonds. The first-order chi connectivity index (χ1) is 17.1. The van der Waals surface area contributed by atoms with Crippen LogP contribution >= 0.6 is 11.3 Å². The van der Waals surface area contributed by atoms with Gasteiger partial charge in [0, 0.05) is 38.1 Å². The first kappa shape index (κ1) is 28.2. The zero-order chi connectivity index (χ0) is 26.3. The van der Waals surface area contributed by atoms with Crippen LogP contribution in [0.5, 0.6) is 5.75 Å². The van der Waals surface area contributed by atoms with Crippen molar-refractivity contribution in [1.29, 1.82) is 0 Å². The molecule has 0 saturated carbocycles. The molecule has 3 rings (SSSR count). The molecule has 1 aromatic carbocycles. The molecule has 6 nitrogen and oxygen atoms in total. The first-order valence-corrected chi connectivity index (χ1v) is 13.8. The lowest BCUT2D eigenvalue weighted by atomic mass is 9.84. The number of hydrogen-bond donors (Lipinski definition) is 0. The highest BCUT2D eigenvalue weighted by Gasteiger charge is 2.34. The minimum Gasteiger partial charge on any atom is -0.497 e.